The van der Waals surface area contributed by atoms with E-state index in [1.54, 1.807) is 23.7 Å². The van der Waals surface area contributed by atoms with E-state index in [0.29, 0.717) is 24.8 Å². The van der Waals surface area contributed by atoms with Crippen molar-refractivity contribution >= 4 is 47.2 Å². The van der Waals surface area contributed by atoms with Gasteiger partial charge in [-0.05, 0) is 32.9 Å². The summed E-state index contributed by atoms with van der Waals surface area (Å²) >= 11 is 1.66. The Hall–Kier alpha value is -1.62. The van der Waals surface area contributed by atoms with E-state index in [-0.39, 0.29) is 36.4 Å². The molecule has 3 N–H and O–H groups in total. The van der Waals surface area contributed by atoms with Gasteiger partial charge in [0.2, 0.25) is 5.91 Å². The summed E-state index contributed by atoms with van der Waals surface area (Å²) in [5, 5.41) is 10.1. The van der Waals surface area contributed by atoms with Crippen molar-refractivity contribution in [1.29, 1.82) is 0 Å². The number of hydrogen-bond acceptors (Lipinski definition) is 5. The molecule has 25 heavy (non-hydrogen) atoms. The predicted molar refractivity (Wildman–Crippen MR) is 110 cm³/mol. The van der Waals surface area contributed by atoms with Gasteiger partial charge in [0.1, 0.15) is 17.3 Å². The predicted octanol–water partition coefficient (Wildman–Crippen LogP) is 2.34. The number of nitrogens with zero attached hydrogens (tertiary/aromatic N) is 2. The highest BCUT2D eigenvalue weighted by Gasteiger charge is 2.06. The monoisotopic (exact) mass is 477 g/mol. The number of aromatic nitrogens is 1. The zero-order chi connectivity index (χ0) is 17.4. The van der Waals surface area contributed by atoms with Crippen LogP contribution in [0.4, 0.5) is 0 Å². The van der Waals surface area contributed by atoms with Crippen molar-refractivity contribution in [2.75, 3.05) is 13.1 Å². The number of guanidine groups is 1. The van der Waals surface area contributed by atoms with Crippen LogP contribution in [-0.2, 0) is 17.9 Å². The van der Waals surface area contributed by atoms with Gasteiger partial charge in [-0.25, -0.2) is 9.98 Å². The lowest BCUT2D eigenvalue weighted by Crippen LogP contribution is -2.38. The zero-order valence-corrected chi connectivity index (χ0v) is 17.7. The van der Waals surface area contributed by atoms with E-state index in [1.165, 1.54) is 4.88 Å². The Morgan fingerprint density at radius 2 is 2.08 bits per heavy atom. The van der Waals surface area contributed by atoms with E-state index < -0.39 is 0 Å². The second kappa shape index (κ2) is 11.1. The molecule has 9 heteroatoms. The lowest BCUT2D eigenvalue weighted by atomic mass is 10.4. The van der Waals surface area contributed by atoms with Crippen LogP contribution in [0.2, 0.25) is 0 Å². The van der Waals surface area contributed by atoms with Gasteiger partial charge >= 0.3 is 0 Å². The number of hydrogen-bond donors (Lipinski definition) is 3. The quantitative estimate of drug-likeness (QED) is 0.324. The molecular formula is C16H24IN5O2S. The molecule has 0 aliphatic rings. The summed E-state index contributed by atoms with van der Waals surface area (Å²) in [4.78, 5) is 21.8. The first kappa shape index (κ1) is 21.4. The third-order valence-electron chi connectivity index (χ3n) is 3.24. The van der Waals surface area contributed by atoms with Crippen LogP contribution in [0, 0.1) is 13.8 Å². The van der Waals surface area contributed by atoms with Gasteiger partial charge in [0, 0.05) is 11.4 Å². The van der Waals surface area contributed by atoms with Crippen molar-refractivity contribution in [3.05, 3.63) is 39.7 Å². The fourth-order valence-electron chi connectivity index (χ4n) is 1.92. The van der Waals surface area contributed by atoms with Crippen molar-refractivity contribution in [3.63, 3.8) is 0 Å². The standard InChI is InChI=1S/C16H23N5O2S.HI/c1-4-17-16(20-10-15-21-11(2)12(3)24-15)19-9-14(22)18-8-13-6-5-7-23-13;/h5-7H,4,8-10H2,1-3H3,(H,18,22)(H2,17,19,20);1H. The number of amides is 1. The summed E-state index contributed by atoms with van der Waals surface area (Å²) in [6.07, 6.45) is 1.58. The van der Waals surface area contributed by atoms with Crippen molar-refractivity contribution < 1.29 is 9.21 Å². The van der Waals surface area contributed by atoms with E-state index >= 15 is 0 Å². The molecule has 7 nitrogen and oxygen atoms in total. The van der Waals surface area contributed by atoms with E-state index in [9.17, 15) is 4.79 Å². The van der Waals surface area contributed by atoms with Crippen molar-refractivity contribution in [2.24, 2.45) is 4.99 Å². The molecule has 0 aliphatic heterocycles. The first-order chi connectivity index (χ1) is 11.6. The van der Waals surface area contributed by atoms with Gasteiger partial charge in [-0.3, -0.25) is 4.79 Å². The second-order valence-corrected chi connectivity index (χ2v) is 6.44. The molecular weight excluding hydrogens is 453 g/mol. The number of aliphatic imine (C=N–C) groups is 1. The molecule has 138 valence electrons. The van der Waals surface area contributed by atoms with Gasteiger partial charge in [0.25, 0.3) is 0 Å². The third-order valence-corrected chi connectivity index (χ3v) is 4.32. The Morgan fingerprint density at radius 1 is 1.28 bits per heavy atom. The van der Waals surface area contributed by atoms with Crippen LogP contribution < -0.4 is 16.0 Å². The zero-order valence-electron chi connectivity index (χ0n) is 14.6. The normalized spacial score (nSPS) is 10.9. The minimum Gasteiger partial charge on any atom is -0.467 e. The molecule has 0 fully saturated rings. The molecule has 0 spiro atoms. The highest BCUT2D eigenvalue weighted by atomic mass is 127. The summed E-state index contributed by atoms with van der Waals surface area (Å²) in [5.41, 5.74) is 1.05. The molecule has 2 aromatic rings. The van der Waals surface area contributed by atoms with Gasteiger partial charge in [0.15, 0.2) is 5.96 Å². The lowest BCUT2D eigenvalue weighted by molar-refractivity contribution is -0.119. The molecule has 0 radical (unpaired) electrons. The first-order valence-electron chi connectivity index (χ1n) is 7.82. The molecule has 0 aliphatic carbocycles. The number of thiazole rings is 1. The minimum absolute atomic E-state index is 0. The minimum atomic E-state index is -0.162. The molecule has 2 rings (SSSR count). The van der Waals surface area contributed by atoms with Crippen LogP contribution in [0.5, 0.6) is 0 Å². The van der Waals surface area contributed by atoms with Gasteiger partial charge in [-0.2, -0.15) is 0 Å². The van der Waals surface area contributed by atoms with Gasteiger partial charge in [0.05, 0.1) is 25.0 Å². The Morgan fingerprint density at radius 3 is 2.68 bits per heavy atom. The summed E-state index contributed by atoms with van der Waals surface area (Å²) in [5.74, 6) is 1.15. The molecule has 0 saturated heterocycles. The number of rotatable bonds is 7. The second-order valence-electron chi connectivity index (χ2n) is 5.15. The van der Waals surface area contributed by atoms with E-state index in [0.717, 1.165) is 17.2 Å². The molecule has 0 atom stereocenters. The molecule has 0 saturated carbocycles. The Kier molecular flexibility index (Phi) is 9.50. The Bertz CT molecular complexity index is 665. The van der Waals surface area contributed by atoms with Crippen LogP contribution >= 0.6 is 35.3 Å². The topological polar surface area (TPSA) is 91.5 Å². The fraction of sp³-hybridized carbons (Fsp3) is 0.438. The largest absolute Gasteiger partial charge is 0.467 e. The van der Waals surface area contributed by atoms with Gasteiger partial charge in [-0.1, -0.05) is 0 Å². The number of furan rings is 1. The number of nitrogens with one attached hydrogen (secondary N) is 3. The molecule has 2 aromatic heterocycles. The molecule has 1 amide bonds. The number of aryl methyl sites for hydroxylation is 2. The number of carbonyl (C=O) groups excluding carboxylic acids is 1. The third kappa shape index (κ3) is 7.43. The smallest absolute Gasteiger partial charge is 0.242 e. The maximum atomic E-state index is 11.8. The molecule has 0 unspecified atom stereocenters. The van der Waals surface area contributed by atoms with Crippen LogP contribution in [0.25, 0.3) is 0 Å². The average Bonchev–Trinajstić information content (AvgIpc) is 3.18. The first-order valence-corrected chi connectivity index (χ1v) is 8.64. The van der Waals surface area contributed by atoms with E-state index in [1.807, 2.05) is 19.9 Å². The number of halogens is 1. The van der Waals surface area contributed by atoms with Crippen molar-refractivity contribution in [1.82, 2.24) is 20.9 Å². The maximum Gasteiger partial charge on any atom is 0.242 e. The lowest BCUT2D eigenvalue weighted by Gasteiger charge is -2.10. The Balaban J connectivity index is 0.00000312. The van der Waals surface area contributed by atoms with Crippen LogP contribution in [0.1, 0.15) is 28.3 Å². The van der Waals surface area contributed by atoms with Gasteiger partial charge in [-0.15, -0.1) is 35.3 Å². The van der Waals surface area contributed by atoms with E-state index in [4.69, 9.17) is 4.42 Å². The highest BCUT2D eigenvalue weighted by molar-refractivity contribution is 14.0. The van der Waals surface area contributed by atoms with Crippen LogP contribution in [0.3, 0.4) is 0 Å². The summed E-state index contributed by atoms with van der Waals surface area (Å²) < 4.78 is 5.17. The van der Waals surface area contributed by atoms with Crippen molar-refractivity contribution in [2.45, 2.75) is 33.9 Å². The van der Waals surface area contributed by atoms with Gasteiger partial charge < -0.3 is 20.4 Å². The molecule has 2 heterocycles. The maximum absolute atomic E-state index is 11.8. The summed E-state index contributed by atoms with van der Waals surface area (Å²) in [7, 11) is 0. The van der Waals surface area contributed by atoms with E-state index in [2.05, 4.69) is 32.9 Å². The summed E-state index contributed by atoms with van der Waals surface area (Å²) in [6, 6.07) is 3.60. The Labute approximate surface area is 168 Å². The van der Waals surface area contributed by atoms with Crippen molar-refractivity contribution in [3.8, 4) is 0 Å². The highest BCUT2D eigenvalue weighted by Crippen LogP contribution is 2.15. The van der Waals surface area contributed by atoms with Crippen LogP contribution in [0.15, 0.2) is 27.8 Å². The van der Waals surface area contributed by atoms with Crippen LogP contribution in [-0.4, -0.2) is 29.9 Å². The average molecular weight is 477 g/mol. The summed E-state index contributed by atoms with van der Waals surface area (Å²) in [6.45, 7) is 7.74. The molecule has 0 bridgehead atoms. The fourth-order valence-corrected chi connectivity index (χ4v) is 2.80. The molecule has 0 aromatic carbocycles. The number of carbonyl (C=O) groups is 1. The SMILES string of the molecule is CCNC(=NCC(=O)NCc1ccco1)NCc1nc(C)c(C)s1.I.